The van der Waals surface area contributed by atoms with Crippen LogP contribution in [0.2, 0.25) is 0 Å². The van der Waals surface area contributed by atoms with E-state index in [0.29, 0.717) is 29.1 Å². The Bertz CT molecular complexity index is 1600. The molecule has 0 unspecified atom stereocenters. The lowest BCUT2D eigenvalue weighted by Gasteiger charge is -2.20. The second-order valence-electron chi connectivity index (χ2n) is 8.85. The molecule has 8 heteroatoms. The fourth-order valence-electron chi connectivity index (χ4n) is 5.16. The van der Waals surface area contributed by atoms with Gasteiger partial charge in [-0.1, -0.05) is 43.2 Å². The molecule has 0 atom stereocenters. The van der Waals surface area contributed by atoms with Crippen molar-refractivity contribution >= 4 is 27.6 Å². The van der Waals surface area contributed by atoms with Gasteiger partial charge < -0.3 is 15.4 Å². The molecule has 6 rings (SSSR count). The molecule has 0 bridgehead atoms. The summed E-state index contributed by atoms with van der Waals surface area (Å²) >= 11 is 0. The van der Waals surface area contributed by atoms with Crippen molar-refractivity contribution < 1.29 is 5.11 Å². The molecule has 1 fully saturated rings. The second-order valence-corrected chi connectivity index (χ2v) is 8.85. The average molecular weight is 453 g/mol. The summed E-state index contributed by atoms with van der Waals surface area (Å²) in [5.41, 5.74) is 9.08. The number of pyridine rings is 1. The van der Waals surface area contributed by atoms with E-state index in [4.69, 9.17) is 10.8 Å². The van der Waals surface area contributed by atoms with E-state index < -0.39 is 0 Å². The zero-order valence-electron chi connectivity index (χ0n) is 18.6. The summed E-state index contributed by atoms with van der Waals surface area (Å²) in [4.78, 5) is 22.2. The summed E-state index contributed by atoms with van der Waals surface area (Å²) in [5.74, 6) is 0.460. The highest BCUT2D eigenvalue weighted by Crippen LogP contribution is 2.33. The number of nitrogens with two attached hydrogens (primary N) is 1. The van der Waals surface area contributed by atoms with Crippen molar-refractivity contribution in [1.29, 1.82) is 0 Å². The molecule has 8 nitrogen and oxygen atoms in total. The van der Waals surface area contributed by atoms with Crippen LogP contribution in [0.15, 0.2) is 65.7 Å². The molecular weight excluding hydrogens is 428 g/mol. The first-order valence-corrected chi connectivity index (χ1v) is 11.5. The Hall–Kier alpha value is -4.20. The number of rotatable bonds is 4. The van der Waals surface area contributed by atoms with Gasteiger partial charge in [-0.15, -0.1) is 0 Å². The molecule has 0 radical (unpaired) electrons. The van der Waals surface area contributed by atoms with Gasteiger partial charge in [-0.05, 0) is 42.5 Å². The molecule has 0 aliphatic heterocycles. The Balaban J connectivity index is 1.56. The molecule has 1 aliphatic rings. The minimum Gasteiger partial charge on any atom is -0.508 e. The lowest BCUT2D eigenvalue weighted by atomic mass is 10.1. The number of aromatic nitrogens is 5. The van der Waals surface area contributed by atoms with Crippen LogP contribution in [0.1, 0.15) is 37.4 Å². The topological polar surface area (TPSA) is 112 Å². The summed E-state index contributed by atoms with van der Waals surface area (Å²) in [6, 6.07) is 16.9. The van der Waals surface area contributed by atoms with Crippen LogP contribution in [-0.4, -0.2) is 29.4 Å². The molecular formula is C26H24N6O2. The standard InChI is InChI=1S/C26H24N6O2/c27-24-22-23(17-7-5-10-20(33)13-17)30-31(25(22)29-15-28-24)14-19-12-16-6-1-4-11-21(16)26(34)32(19)18-8-2-3-9-18/h1,4-7,10-13,15,18,33H,2-3,8-9,14H2,(H2,27,28,29). The molecule has 3 heterocycles. The van der Waals surface area contributed by atoms with Crippen molar-refractivity contribution in [2.45, 2.75) is 38.3 Å². The highest BCUT2D eigenvalue weighted by Gasteiger charge is 2.24. The van der Waals surface area contributed by atoms with Crippen LogP contribution in [0.5, 0.6) is 5.75 Å². The van der Waals surface area contributed by atoms with Gasteiger partial charge in [-0.3, -0.25) is 4.79 Å². The molecule has 3 aromatic heterocycles. The largest absolute Gasteiger partial charge is 0.508 e. The predicted octanol–water partition coefficient (Wildman–Crippen LogP) is 4.26. The van der Waals surface area contributed by atoms with Crippen LogP contribution in [0, 0.1) is 0 Å². The quantitative estimate of drug-likeness (QED) is 0.421. The van der Waals surface area contributed by atoms with E-state index in [9.17, 15) is 9.90 Å². The SMILES string of the molecule is Nc1ncnc2c1c(-c1cccc(O)c1)nn2Cc1cc2ccccc2c(=O)n1C1CCCC1. The molecule has 0 saturated heterocycles. The number of nitrogen functional groups attached to an aromatic ring is 1. The van der Waals surface area contributed by atoms with Crippen LogP contribution in [0.4, 0.5) is 5.82 Å². The lowest BCUT2D eigenvalue weighted by Crippen LogP contribution is -2.28. The smallest absolute Gasteiger partial charge is 0.258 e. The summed E-state index contributed by atoms with van der Waals surface area (Å²) in [6.45, 7) is 0.363. The fourth-order valence-corrected chi connectivity index (χ4v) is 5.16. The van der Waals surface area contributed by atoms with E-state index in [-0.39, 0.29) is 17.4 Å². The van der Waals surface area contributed by atoms with Crippen LogP contribution in [0.25, 0.3) is 33.1 Å². The highest BCUT2D eigenvalue weighted by molar-refractivity contribution is 5.98. The van der Waals surface area contributed by atoms with E-state index in [1.165, 1.54) is 6.33 Å². The average Bonchev–Trinajstić information content (AvgIpc) is 3.49. The number of aromatic hydroxyl groups is 1. The number of benzene rings is 2. The second kappa shape index (κ2) is 7.98. The van der Waals surface area contributed by atoms with Gasteiger partial charge in [0, 0.05) is 22.7 Å². The zero-order chi connectivity index (χ0) is 23.2. The van der Waals surface area contributed by atoms with E-state index >= 15 is 0 Å². The summed E-state index contributed by atoms with van der Waals surface area (Å²) in [7, 11) is 0. The third-order valence-corrected chi connectivity index (χ3v) is 6.72. The number of phenols is 1. The maximum absolute atomic E-state index is 13.6. The number of fused-ring (bicyclic) bond motifs is 2. The Labute approximate surface area is 195 Å². The minimum atomic E-state index is 0.0406. The van der Waals surface area contributed by atoms with Crippen molar-refractivity contribution in [3.63, 3.8) is 0 Å². The summed E-state index contributed by atoms with van der Waals surface area (Å²) < 4.78 is 3.74. The summed E-state index contributed by atoms with van der Waals surface area (Å²) in [6.07, 6.45) is 5.66. The van der Waals surface area contributed by atoms with E-state index in [0.717, 1.165) is 47.7 Å². The van der Waals surface area contributed by atoms with E-state index in [2.05, 4.69) is 16.0 Å². The van der Waals surface area contributed by atoms with Gasteiger partial charge in [-0.2, -0.15) is 5.10 Å². The van der Waals surface area contributed by atoms with Crippen LogP contribution in [0.3, 0.4) is 0 Å². The van der Waals surface area contributed by atoms with Gasteiger partial charge in [0.1, 0.15) is 23.6 Å². The Morgan fingerprint density at radius 1 is 1.03 bits per heavy atom. The Kier molecular flexibility index (Phi) is 4.79. The molecule has 1 aliphatic carbocycles. The molecule has 0 amide bonds. The van der Waals surface area contributed by atoms with Crippen LogP contribution < -0.4 is 11.3 Å². The summed E-state index contributed by atoms with van der Waals surface area (Å²) in [5, 5.41) is 17.1. The maximum Gasteiger partial charge on any atom is 0.258 e. The normalized spacial score (nSPS) is 14.4. The first kappa shape index (κ1) is 20.4. The van der Waals surface area contributed by atoms with Gasteiger partial charge in [0.2, 0.25) is 0 Å². The number of nitrogens with zero attached hydrogens (tertiary/aromatic N) is 5. The molecule has 170 valence electrons. The monoisotopic (exact) mass is 452 g/mol. The molecule has 5 aromatic rings. The van der Waals surface area contributed by atoms with Crippen LogP contribution in [-0.2, 0) is 6.54 Å². The Morgan fingerprint density at radius 3 is 2.68 bits per heavy atom. The van der Waals surface area contributed by atoms with Crippen molar-refractivity contribution in [2.24, 2.45) is 0 Å². The van der Waals surface area contributed by atoms with Crippen LogP contribution >= 0.6 is 0 Å². The molecule has 0 spiro atoms. The molecule has 34 heavy (non-hydrogen) atoms. The van der Waals surface area contributed by atoms with Crippen molar-refractivity contribution in [3.05, 3.63) is 77.0 Å². The van der Waals surface area contributed by atoms with Gasteiger partial charge in [0.05, 0.1) is 11.9 Å². The first-order valence-electron chi connectivity index (χ1n) is 11.5. The van der Waals surface area contributed by atoms with Gasteiger partial charge in [0.25, 0.3) is 5.56 Å². The van der Waals surface area contributed by atoms with Crippen molar-refractivity contribution in [1.82, 2.24) is 24.3 Å². The first-order chi connectivity index (χ1) is 16.6. The van der Waals surface area contributed by atoms with Gasteiger partial charge in [-0.25, -0.2) is 14.6 Å². The Morgan fingerprint density at radius 2 is 1.85 bits per heavy atom. The zero-order valence-corrected chi connectivity index (χ0v) is 18.6. The molecule has 1 saturated carbocycles. The molecule has 2 aromatic carbocycles. The third-order valence-electron chi connectivity index (χ3n) is 6.72. The van der Waals surface area contributed by atoms with Gasteiger partial charge >= 0.3 is 0 Å². The number of phenolic OH excluding ortho intramolecular Hbond substituents is 1. The van der Waals surface area contributed by atoms with E-state index in [1.54, 1.807) is 22.9 Å². The highest BCUT2D eigenvalue weighted by atomic mass is 16.3. The predicted molar refractivity (Wildman–Crippen MR) is 132 cm³/mol. The fraction of sp³-hybridized carbons (Fsp3) is 0.231. The third kappa shape index (κ3) is 3.30. The lowest BCUT2D eigenvalue weighted by molar-refractivity contribution is 0.474. The minimum absolute atomic E-state index is 0.0406. The van der Waals surface area contributed by atoms with Crippen molar-refractivity contribution in [3.8, 4) is 17.0 Å². The number of hydrogen-bond donors (Lipinski definition) is 2. The van der Waals surface area contributed by atoms with E-state index in [1.807, 2.05) is 34.9 Å². The molecule has 3 N–H and O–H groups in total. The van der Waals surface area contributed by atoms with Gasteiger partial charge in [0.15, 0.2) is 5.65 Å². The maximum atomic E-state index is 13.6. The van der Waals surface area contributed by atoms with Crippen molar-refractivity contribution in [2.75, 3.05) is 5.73 Å². The number of hydrogen-bond acceptors (Lipinski definition) is 6. The number of anilines is 1.